The third-order valence-corrected chi connectivity index (χ3v) is 6.30. The van der Waals surface area contributed by atoms with Crippen LogP contribution in [0.25, 0.3) is 33.3 Å². The second-order valence-electron chi connectivity index (χ2n) is 7.84. The number of H-pyrrole nitrogens is 2. The summed E-state index contributed by atoms with van der Waals surface area (Å²) in [6.45, 7) is 0. The molecule has 1 aliphatic carbocycles. The van der Waals surface area contributed by atoms with E-state index in [1.807, 2.05) is 18.2 Å². The lowest BCUT2D eigenvalue weighted by Gasteiger charge is -2.31. The van der Waals surface area contributed by atoms with Crippen LogP contribution >= 0.6 is 15.9 Å². The molecule has 1 fully saturated rings. The zero-order chi connectivity index (χ0) is 20.8. The molecule has 0 saturated heterocycles. The fraction of sp³-hybridized carbons (Fsp3) is 0.273. The van der Waals surface area contributed by atoms with Crippen molar-refractivity contribution in [2.45, 2.75) is 37.8 Å². The average molecular weight is 470 g/mol. The van der Waals surface area contributed by atoms with Crippen LogP contribution in [-0.4, -0.2) is 27.0 Å². The monoisotopic (exact) mass is 469 g/mol. The maximum absolute atomic E-state index is 13.7. The minimum Gasteiger partial charge on any atom is -0.379 e. The quantitative estimate of drug-likeness (QED) is 0.350. The Morgan fingerprint density at radius 3 is 2.77 bits per heavy atom. The number of imidazole rings is 1. The van der Waals surface area contributed by atoms with Crippen molar-refractivity contribution in [2.75, 3.05) is 5.32 Å². The largest absolute Gasteiger partial charge is 0.379 e. The summed E-state index contributed by atoms with van der Waals surface area (Å²) in [5.74, 6) is 0.0335. The number of nitrogens with zero attached hydrogens (tertiary/aromatic N) is 1. The molecule has 154 valence electrons. The molecule has 0 bridgehead atoms. The first-order valence-electron chi connectivity index (χ1n) is 10.0. The van der Waals surface area contributed by atoms with Gasteiger partial charge in [-0.05, 0) is 49.2 Å². The molecular formula is C22H21BrFN5O. The molecule has 1 saturated carbocycles. The van der Waals surface area contributed by atoms with Crippen LogP contribution in [0.4, 0.5) is 10.1 Å². The first-order valence-corrected chi connectivity index (χ1v) is 10.8. The molecule has 2 aromatic carbocycles. The van der Waals surface area contributed by atoms with Gasteiger partial charge in [-0.3, -0.25) is 4.79 Å². The van der Waals surface area contributed by atoms with Crippen molar-refractivity contribution in [2.24, 2.45) is 5.73 Å². The molecule has 5 rings (SSSR count). The summed E-state index contributed by atoms with van der Waals surface area (Å²) < 4.78 is 14.6. The van der Waals surface area contributed by atoms with Gasteiger partial charge >= 0.3 is 0 Å². The van der Waals surface area contributed by atoms with E-state index in [9.17, 15) is 9.18 Å². The molecule has 0 spiro atoms. The van der Waals surface area contributed by atoms with Crippen LogP contribution in [0.5, 0.6) is 0 Å². The minimum atomic E-state index is -0.361. The molecule has 5 N–H and O–H groups in total. The molecule has 2 atom stereocenters. The standard InChI is InChI=1S/C22H21BrFN5O/c23-11-5-7-15-13(9-11)20(26-16-4-2-1-3-14(16)25)19(22(30)29-15)21-27-17-8-6-12(24)10-18(17)28-21/h5-10,14,16H,1-4,25H2,(H,27,28)(H2,26,29,30)/t14-,16-/m1/s1. The lowest BCUT2D eigenvalue weighted by Crippen LogP contribution is -2.43. The van der Waals surface area contributed by atoms with E-state index in [4.69, 9.17) is 5.73 Å². The number of benzene rings is 2. The topological polar surface area (TPSA) is 99.6 Å². The van der Waals surface area contributed by atoms with Crippen LogP contribution < -0.4 is 16.6 Å². The van der Waals surface area contributed by atoms with Crippen LogP contribution in [0, 0.1) is 5.82 Å². The number of aromatic nitrogens is 3. The number of anilines is 1. The molecule has 0 radical (unpaired) electrons. The van der Waals surface area contributed by atoms with Gasteiger partial charge in [0.05, 0.1) is 22.2 Å². The summed E-state index contributed by atoms with van der Waals surface area (Å²) in [5.41, 5.74) is 9.07. The molecule has 30 heavy (non-hydrogen) atoms. The van der Waals surface area contributed by atoms with Crippen molar-refractivity contribution < 1.29 is 4.39 Å². The zero-order valence-corrected chi connectivity index (χ0v) is 17.7. The number of nitrogens with two attached hydrogens (primary N) is 1. The average Bonchev–Trinajstić information content (AvgIpc) is 3.12. The van der Waals surface area contributed by atoms with Gasteiger partial charge in [0.2, 0.25) is 0 Å². The van der Waals surface area contributed by atoms with E-state index < -0.39 is 0 Å². The van der Waals surface area contributed by atoms with Gasteiger partial charge in [-0.15, -0.1) is 0 Å². The highest BCUT2D eigenvalue weighted by atomic mass is 79.9. The number of hydrogen-bond donors (Lipinski definition) is 4. The maximum Gasteiger partial charge on any atom is 0.261 e. The summed E-state index contributed by atoms with van der Waals surface area (Å²) in [6, 6.07) is 10.1. The first kappa shape index (κ1) is 19.3. The molecule has 2 heterocycles. The van der Waals surface area contributed by atoms with Crippen LogP contribution in [-0.2, 0) is 0 Å². The summed E-state index contributed by atoms with van der Waals surface area (Å²) in [5, 5.41) is 4.43. The Morgan fingerprint density at radius 1 is 1.10 bits per heavy atom. The smallest absolute Gasteiger partial charge is 0.261 e. The zero-order valence-electron chi connectivity index (χ0n) is 16.1. The fourth-order valence-electron chi connectivity index (χ4n) is 4.27. The van der Waals surface area contributed by atoms with Gasteiger partial charge in [0.25, 0.3) is 5.56 Å². The van der Waals surface area contributed by atoms with E-state index in [0.29, 0.717) is 28.1 Å². The van der Waals surface area contributed by atoms with E-state index in [1.165, 1.54) is 12.1 Å². The van der Waals surface area contributed by atoms with Crippen LogP contribution in [0.15, 0.2) is 45.7 Å². The maximum atomic E-state index is 13.7. The molecular weight excluding hydrogens is 449 g/mol. The van der Waals surface area contributed by atoms with Crippen molar-refractivity contribution in [3.8, 4) is 11.4 Å². The number of rotatable bonds is 3. The number of pyridine rings is 1. The molecule has 4 aromatic rings. The lowest BCUT2D eigenvalue weighted by molar-refractivity contribution is 0.404. The summed E-state index contributed by atoms with van der Waals surface area (Å²) in [6.07, 6.45) is 4.09. The van der Waals surface area contributed by atoms with Crippen molar-refractivity contribution in [3.05, 3.63) is 57.0 Å². The molecule has 0 aliphatic heterocycles. The van der Waals surface area contributed by atoms with Crippen LogP contribution in [0.2, 0.25) is 0 Å². The lowest BCUT2D eigenvalue weighted by atomic mass is 9.90. The van der Waals surface area contributed by atoms with E-state index in [1.54, 1.807) is 6.07 Å². The first-order chi connectivity index (χ1) is 14.5. The van der Waals surface area contributed by atoms with E-state index in [-0.39, 0.29) is 23.5 Å². The Morgan fingerprint density at radius 2 is 1.93 bits per heavy atom. The normalized spacial score (nSPS) is 19.4. The van der Waals surface area contributed by atoms with Gasteiger partial charge in [-0.1, -0.05) is 28.8 Å². The third-order valence-electron chi connectivity index (χ3n) is 5.81. The number of hydrogen-bond acceptors (Lipinski definition) is 4. The fourth-order valence-corrected chi connectivity index (χ4v) is 4.63. The van der Waals surface area contributed by atoms with Gasteiger partial charge in [-0.25, -0.2) is 9.37 Å². The summed E-state index contributed by atoms with van der Waals surface area (Å²) >= 11 is 3.53. The third kappa shape index (κ3) is 3.40. The second kappa shape index (κ2) is 7.52. The Hall–Kier alpha value is -2.71. The molecule has 2 aromatic heterocycles. The highest BCUT2D eigenvalue weighted by Crippen LogP contribution is 2.34. The Balaban J connectivity index is 1.74. The summed E-state index contributed by atoms with van der Waals surface area (Å²) in [7, 11) is 0. The molecule has 8 heteroatoms. The van der Waals surface area contributed by atoms with Crippen molar-refractivity contribution >= 4 is 43.6 Å². The van der Waals surface area contributed by atoms with E-state index >= 15 is 0 Å². The molecule has 1 aliphatic rings. The predicted octanol–water partition coefficient (Wildman–Crippen LogP) is 4.65. The predicted molar refractivity (Wildman–Crippen MR) is 121 cm³/mol. The minimum absolute atomic E-state index is 0.0119. The number of nitrogens with one attached hydrogen (secondary N) is 3. The van der Waals surface area contributed by atoms with Gasteiger partial charge < -0.3 is 21.0 Å². The van der Waals surface area contributed by atoms with Gasteiger partial charge in [0.15, 0.2) is 0 Å². The molecule has 0 unspecified atom stereocenters. The van der Waals surface area contributed by atoms with Crippen molar-refractivity contribution in [1.29, 1.82) is 0 Å². The summed E-state index contributed by atoms with van der Waals surface area (Å²) in [4.78, 5) is 23.7. The van der Waals surface area contributed by atoms with Crippen LogP contribution in [0.1, 0.15) is 25.7 Å². The number of fused-ring (bicyclic) bond motifs is 2. The second-order valence-corrected chi connectivity index (χ2v) is 8.76. The number of halogens is 2. The van der Waals surface area contributed by atoms with Crippen molar-refractivity contribution in [1.82, 2.24) is 15.0 Å². The molecule has 6 nitrogen and oxygen atoms in total. The van der Waals surface area contributed by atoms with Gasteiger partial charge in [0.1, 0.15) is 17.2 Å². The van der Waals surface area contributed by atoms with Crippen LogP contribution in [0.3, 0.4) is 0 Å². The van der Waals surface area contributed by atoms with E-state index in [2.05, 4.69) is 36.2 Å². The Bertz CT molecular complexity index is 1310. The van der Waals surface area contributed by atoms with Crippen molar-refractivity contribution in [3.63, 3.8) is 0 Å². The molecule has 0 amide bonds. The SMILES string of the molecule is N[C@@H]1CCCC[C@H]1Nc1c(-c2nc3ccc(F)cc3[nH]2)c(=O)[nH]c2ccc(Br)cc12. The van der Waals surface area contributed by atoms with E-state index in [0.717, 1.165) is 41.1 Å². The Labute approximate surface area is 180 Å². The number of aromatic amines is 2. The highest BCUT2D eigenvalue weighted by molar-refractivity contribution is 9.10. The van der Waals surface area contributed by atoms with Gasteiger partial charge in [0, 0.05) is 21.9 Å². The Kier molecular flexibility index (Phi) is 4.83. The highest BCUT2D eigenvalue weighted by Gasteiger charge is 2.25. The van der Waals surface area contributed by atoms with Gasteiger partial charge in [-0.2, -0.15) is 0 Å².